The van der Waals surface area contributed by atoms with Crippen LogP contribution in [0.2, 0.25) is 0 Å². The molecular formula is C12H16F2N2O2. The maximum atomic E-state index is 13.6. The number of aliphatic hydroxyl groups excluding tert-OH is 1. The summed E-state index contributed by atoms with van der Waals surface area (Å²) >= 11 is 0. The zero-order valence-electron chi connectivity index (χ0n) is 10.4. The molecule has 1 rings (SSSR count). The Kier molecular flexibility index (Phi) is 3.91. The van der Waals surface area contributed by atoms with Gasteiger partial charge in [-0.2, -0.15) is 0 Å². The standard InChI is InChI=1S/C12H16F2N2O2/c1-6(17)12(2,3)16-11(18)9-7(13)4-5-8(15)10(9)14/h4-6,17H,15H2,1-3H3,(H,16,18). The first-order valence-corrected chi connectivity index (χ1v) is 5.41. The first kappa shape index (κ1) is 14.4. The van der Waals surface area contributed by atoms with Crippen molar-refractivity contribution in [1.82, 2.24) is 5.32 Å². The number of nitrogen functional groups attached to an aromatic ring is 1. The predicted octanol–water partition coefficient (Wildman–Crippen LogP) is 1.44. The van der Waals surface area contributed by atoms with Crippen LogP contribution in [-0.2, 0) is 0 Å². The van der Waals surface area contributed by atoms with Crippen molar-refractivity contribution in [3.8, 4) is 0 Å². The van der Waals surface area contributed by atoms with Gasteiger partial charge in [0.05, 0.1) is 17.3 Å². The third-order valence-corrected chi connectivity index (χ3v) is 2.83. The quantitative estimate of drug-likeness (QED) is 0.718. The molecule has 100 valence electrons. The van der Waals surface area contributed by atoms with Crippen molar-refractivity contribution in [3.05, 3.63) is 29.3 Å². The summed E-state index contributed by atoms with van der Waals surface area (Å²) in [6.07, 6.45) is -0.881. The highest BCUT2D eigenvalue weighted by molar-refractivity contribution is 5.96. The molecule has 0 radical (unpaired) electrons. The lowest BCUT2D eigenvalue weighted by Crippen LogP contribution is -2.51. The van der Waals surface area contributed by atoms with Gasteiger partial charge in [-0.3, -0.25) is 4.79 Å². The number of carbonyl (C=O) groups is 1. The van der Waals surface area contributed by atoms with Crippen LogP contribution in [0.5, 0.6) is 0 Å². The van der Waals surface area contributed by atoms with E-state index in [0.29, 0.717) is 0 Å². The third-order valence-electron chi connectivity index (χ3n) is 2.83. The molecule has 0 saturated heterocycles. The van der Waals surface area contributed by atoms with Gasteiger partial charge in [-0.25, -0.2) is 8.78 Å². The first-order valence-electron chi connectivity index (χ1n) is 5.41. The van der Waals surface area contributed by atoms with Gasteiger partial charge < -0.3 is 16.2 Å². The number of benzene rings is 1. The van der Waals surface area contributed by atoms with Crippen LogP contribution < -0.4 is 11.1 Å². The number of carbonyl (C=O) groups excluding carboxylic acids is 1. The fraction of sp³-hybridized carbons (Fsp3) is 0.417. The summed E-state index contributed by atoms with van der Waals surface area (Å²) in [6, 6.07) is 1.96. The van der Waals surface area contributed by atoms with Gasteiger partial charge in [0.15, 0.2) is 5.82 Å². The molecule has 0 spiro atoms. The molecule has 4 N–H and O–H groups in total. The van der Waals surface area contributed by atoms with Crippen LogP contribution in [0.4, 0.5) is 14.5 Å². The van der Waals surface area contributed by atoms with E-state index in [4.69, 9.17) is 5.73 Å². The van der Waals surface area contributed by atoms with Crippen molar-refractivity contribution < 1.29 is 18.7 Å². The summed E-state index contributed by atoms with van der Waals surface area (Å²) in [6.45, 7) is 4.54. The largest absolute Gasteiger partial charge is 0.396 e. The molecule has 4 nitrogen and oxygen atoms in total. The van der Waals surface area contributed by atoms with E-state index in [9.17, 15) is 18.7 Å². The van der Waals surface area contributed by atoms with Crippen LogP contribution in [0.15, 0.2) is 12.1 Å². The van der Waals surface area contributed by atoms with Crippen molar-refractivity contribution in [2.45, 2.75) is 32.4 Å². The number of amides is 1. The number of rotatable bonds is 3. The number of halogens is 2. The van der Waals surface area contributed by atoms with E-state index < -0.39 is 34.7 Å². The molecule has 0 aliphatic rings. The average Bonchev–Trinajstić information content (AvgIpc) is 2.23. The second-order valence-electron chi connectivity index (χ2n) is 4.68. The topological polar surface area (TPSA) is 75.3 Å². The van der Waals surface area contributed by atoms with Crippen molar-refractivity contribution in [2.75, 3.05) is 5.73 Å². The van der Waals surface area contributed by atoms with Crippen molar-refractivity contribution in [2.24, 2.45) is 0 Å². The highest BCUT2D eigenvalue weighted by Gasteiger charge is 2.29. The maximum Gasteiger partial charge on any atom is 0.257 e. The van der Waals surface area contributed by atoms with Gasteiger partial charge in [-0.15, -0.1) is 0 Å². The van der Waals surface area contributed by atoms with Crippen molar-refractivity contribution in [1.29, 1.82) is 0 Å². The van der Waals surface area contributed by atoms with Crippen LogP contribution in [-0.4, -0.2) is 22.7 Å². The van der Waals surface area contributed by atoms with E-state index in [0.717, 1.165) is 12.1 Å². The Labute approximate surface area is 104 Å². The molecule has 18 heavy (non-hydrogen) atoms. The zero-order valence-corrected chi connectivity index (χ0v) is 10.4. The minimum Gasteiger partial charge on any atom is -0.396 e. The molecule has 0 fully saturated rings. The number of hydrogen-bond acceptors (Lipinski definition) is 3. The van der Waals surface area contributed by atoms with E-state index in [1.54, 1.807) is 0 Å². The number of nitrogens with one attached hydrogen (secondary N) is 1. The molecule has 1 atom stereocenters. The van der Waals surface area contributed by atoms with Crippen molar-refractivity contribution >= 4 is 11.6 Å². The minimum absolute atomic E-state index is 0.309. The average molecular weight is 258 g/mol. The van der Waals surface area contributed by atoms with E-state index >= 15 is 0 Å². The number of anilines is 1. The van der Waals surface area contributed by atoms with Gasteiger partial charge in [-0.05, 0) is 32.9 Å². The molecule has 1 unspecified atom stereocenters. The van der Waals surface area contributed by atoms with E-state index in [2.05, 4.69) is 5.32 Å². The minimum atomic E-state index is -1.10. The summed E-state index contributed by atoms with van der Waals surface area (Å²) < 4.78 is 27.0. The maximum absolute atomic E-state index is 13.6. The van der Waals surface area contributed by atoms with Crippen molar-refractivity contribution in [3.63, 3.8) is 0 Å². The Morgan fingerprint density at radius 2 is 2.00 bits per heavy atom. The molecule has 0 aromatic heterocycles. The third kappa shape index (κ3) is 2.76. The lowest BCUT2D eigenvalue weighted by molar-refractivity contribution is 0.0702. The second-order valence-corrected chi connectivity index (χ2v) is 4.68. The number of hydrogen-bond donors (Lipinski definition) is 3. The Balaban J connectivity index is 3.10. The Bertz CT molecular complexity index is 473. The summed E-state index contributed by atoms with van der Waals surface area (Å²) in [4.78, 5) is 11.8. The fourth-order valence-corrected chi connectivity index (χ4v) is 1.24. The molecule has 1 aromatic carbocycles. The van der Waals surface area contributed by atoms with Crippen LogP contribution in [0.1, 0.15) is 31.1 Å². The molecule has 0 aliphatic carbocycles. The van der Waals surface area contributed by atoms with E-state index in [1.165, 1.54) is 20.8 Å². The lowest BCUT2D eigenvalue weighted by atomic mass is 9.98. The fourth-order valence-electron chi connectivity index (χ4n) is 1.24. The lowest BCUT2D eigenvalue weighted by Gasteiger charge is -2.29. The monoisotopic (exact) mass is 258 g/mol. The van der Waals surface area contributed by atoms with Gasteiger partial charge >= 0.3 is 0 Å². The summed E-state index contributed by atoms with van der Waals surface area (Å²) in [5.41, 5.74) is 3.21. The van der Waals surface area contributed by atoms with E-state index in [-0.39, 0.29) is 5.69 Å². The smallest absolute Gasteiger partial charge is 0.257 e. The normalized spacial score (nSPS) is 13.2. The molecular weight excluding hydrogens is 242 g/mol. The van der Waals surface area contributed by atoms with Gasteiger partial charge in [0.25, 0.3) is 5.91 Å². The summed E-state index contributed by atoms with van der Waals surface area (Å²) in [5, 5.41) is 11.8. The number of nitrogens with two attached hydrogens (primary N) is 1. The Hall–Kier alpha value is -1.69. The molecule has 0 aliphatic heterocycles. The summed E-state index contributed by atoms with van der Waals surface area (Å²) in [5.74, 6) is -3.06. The van der Waals surface area contributed by atoms with Crippen LogP contribution in [0, 0.1) is 11.6 Å². The molecule has 0 heterocycles. The molecule has 1 amide bonds. The predicted molar refractivity (Wildman–Crippen MR) is 64.0 cm³/mol. The highest BCUT2D eigenvalue weighted by atomic mass is 19.1. The van der Waals surface area contributed by atoms with E-state index in [1.807, 2.05) is 0 Å². The van der Waals surface area contributed by atoms with Gasteiger partial charge in [0, 0.05) is 0 Å². The summed E-state index contributed by atoms with van der Waals surface area (Å²) in [7, 11) is 0. The SMILES string of the molecule is CC(O)C(C)(C)NC(=O)c1c(F)ccc(N)c1F. The van der Waals surface area contributed by atoms with Gasteiger partial charge in [0.2, 0.25) is 0 Å². The molecule has 6 heteroatoms. The first-order chi connectivity index (χ1) is 8.16. The Morgan fingerprint density at radius 1 is 1.44 bits per heavy atom. The number of aliphatic hydroxyl groups is 1. The zero-order chi connectivity index (χ0) is 14.1. The van der Waals surface area contributed by atoms with Crippen LogP contribution in [0.25, 0.3) is 0 Å². The van der Waals surface area contributed by atoms with Gasteiger partial charge in [-0.1, -0.05) is 0 Å². The molecule has 1 aromatic rings. The molecule has 0 saturated carbocycles. The van der Waals surface area contributed by atoms with Crippen LogP contribution in [0.3, 0.4) is 0 Å². The van der Waals surface area contributed by atoms with Crippen LogP contribution >= 0.6 is 0 Å². The molecule has 0 bridgehead atoms. The van der Waals surface area contributed by atoms with Gasteiger partial charge in [0.1, 0.15) is 11.4 Å². The second kappa shape index (κ2) is 4.89. The Morgan fingerprint density at radius 3 is 2.50 bits per heavy atom. The highest BCUT2D eigenvalue weighted by Crippen LogP contribution is 2.20.